The van der Waals surface area contributed by atoms with Crippen LogP contribution in [0.3, 0.4) is 0 Å². The molecule has 0 spiro atoms. The molecule has 0 heterocycles. The minimum absolute atomic E-state index is 0.570. The van der Waals surface area contributed by atoms with Gasteiger partial charge in [0, 0.05) is 5.69 Å². The van der Waals surface area contributed by atoms with Crippen LogP contribution in [0.25, 0.3) is 0 Å². The predicted molar refractivity (Wildman–Crippen MR) is 74.3 cm³/mol. The molecule has 3 heteroatoms. The van der Waals surface area contributed by atoms with Crippen molar-refractivity contribution in [3.05, 3.63) is 57.7 Å². The first kappa shape index (κ1) is 11.3. The zero-order valence-corrected chi connectivity index (χ0v) is 10.8. The first-order valence-electron chi connectivity index (χ1n) is 4.97. The highest BCUT2D eigenvalue weighted by atomic mass is 127. The van der Waals surface area contributed by atoms with Crippen molar-refractivity contribution < 1.29 is 4.74 Å². The highest BCUT2D eigenvalue weighted by Crippen LogP contribution is 2.20. The molecule has 0 aliphatic rings. The van der Waals surface area contributed by atoms with Crippen LogP contribution in [0.1, 0.15) is 5.56 Å². The van der Waals surface area contributed by atoms with Gasteiger partial charge in [0.25, 0.3) is 0 Å². The Morgan fingerprint density at radius 3 is 2.38 bits per heavy atom. The van der Waals surface area contributed by atoms with Crippen molar-refractivity contribution in [3.8, 4) is 5.75 Å². The summed E-state index contributed by atoms with van der Waals surface area (Å²) in [5.41, 5.74) is 7.51. The Kier molecular flexibility index (Phi) is 3.66. The van der Waals surface area contributed by atoms with Crippen LogP contribution in [0.4, 0.5) is 5.69 Å². The molecule has 0 radical (unpaired) electrons. The van der Waals surface area contributed by atoms with Crippen LogP contribution in [0, 0.1) is 3.57 Å². The Labute approximate surface area is 109 Å². The third-order valence-corrected chi connectivity index (χ3v) is 3.10. The van der Waals surface area contributed by atoms with Crippen molar-refractivity contribution in [1.82, 2.24) is 0 Å². The molecule has 2 aromatic rings. The Hall–Kier alpha value is -1.23. The van der Waals surface area contributed by atoms with Gasteiger partial charge < -0.3 is 10.5 Å². The summed E-state index contributed by atoms with van der Waals surface area (Å²) in [7, 11) is 0. The van der Waals surface area contributed by atoms with Gasteiger partial charge in [-0.15, -0.1) is 0 Å². The molecule has 2 rings (SSSR count). The van der Waals surface area contributed by atoms with Crippen molar-refractivity contribution in [2.45, 2.75) is 6.61 Å². The number of anilines is 1. The molecule has 16 heavy (non-hydrogen) atoms. The smallest absolute Gasteiger partial charge is 0.133 e. The molecule has 2 N–H and O–H groups in total. The maximum absolute atomic E-state index is 5.71. The topological polar surface area (TPSA) is 35.2 Å². The van der Waals surface area contributed by atoms with Gasteiger partial charge in [0.2, 0.25) is 0 Å². The number of nitrogen functional groups attached to an aromatic ring is 1. The van der Waals surface area contributed by atoms with Crippen LogP contribution in [0.15, 0.2) is 48.5 Å². The fourth-order valence-electron chi connectivity index (χ4n) is 1.34. The molecule has 0 aliphatic heterocycles. The summed E-state index contributed by atoms with van der Waals surface area (Å²) < 4.78 is 6.84. The first-order chi connectivity index (χ1) is 7.75. The van der Waals surface area contributed by atoms with Crippen LogP contribution in [0.5, 0.6) is 5.75 Å². The summed E-state index contributed by atoms with van der Waals surface area (Å²) in [5.74, 6) is 0.917. The van der Waals surface area contributed by atoms with E-state index >= 15 is 0 Å². The van der Waals surface area contributed by atoms with Gasteiger partial charge in [-0.3, -0.25) is 0 Å². The highest BCUT2D eigenvalue weighted by Gasteiger charge is 1.99. The SMILES string of the molecule is Nc1ccc(COc2ccccc2I)cc1. The minimum Gasteiger partial charge on any atom is -0.488 e. The van der Waals surface area contributed by atoms with E-state index in [1.807, 2.05) is 48.5 Å². The number of rotatable bonds is 3. The van der Waals surface area contributed by atoms with Crippen molar-refractivity contribution >= 4 is 28.3 Å². The Morgan fingerprint density at radius 1 is 1.00 bits per heavy atom. The first-order valence-corrected chi connectivity index (χ1v) is 6.05. The number of hydrogen-bond donors (Lipinski definition) is 1. The lowest BCUT2D eigenvalue weighted by Gasteiger charge is -2.08. The lowest BCUT2D eigenvalue weighted by molar-refractivity contribution is 0.304. The number of nitrogens with two attached hydrogens (primary N) is 1. The molecular weight excluding hydrogens is 313 g/mol. The van der Waals surface area contributed by atoms with Crippen molar-refractivity contribution in [2.75, 3.05) is 5.73 Å². The number of benzene rings is 2. The molecule has 0 aliphatic carbocycles. The highest BCUT2D eigenvalue weighted by molar-refractivity contribution is 14.1. The molecule has 0 aromatic heterocycles. The summed E-state index contributed by atoms with van der Waals surface area (Å²) in [6.45, 7) is 0.570. The van der Waals surface area contributed by atoms with E-state index in [4.69, 9.17) is 10.5 Å². The summed E-state index contributed by atoms with van der Waals surface area (Å²) in [5, 5.41) is 0. The molecule has 2 aromatic carbocycles. The molecule has 0 saturated heterocycles. The lowest BCUT2D eigenvalue weighted by atomic mass is 10.2. The van der Waals surface area contributed by atoms with Crippen LogP contribution < -0.4 is 10.5 Å². The van der Waals surface area contributed by atoms with Gasteiger partial charge in [-0.25, -0.2) is 0 Å². The fourth-order valence-corrected chi connectivity index (χ4v) is 1.88. The van der Waals surface area contributed by atoms with Crippen molar-refractivity contribution in [1.29, 1.82) is 0 Å². The van der Waals surface area contributed by atoms with Crippen LogP contribution in [-0.2, 0) is 6.61 Å². The zero-order chi connectivity index (χ0) is 11.4. The van der Waals surface area contributed by atoms with Crippen molar-refractivity contribution in [2.24, 2.45) is 0 Å². The van der Waals surface area contributed by atoms with Gasteiger partial charge in [0.15, 0.2) is 0 Å². The van der Waals surface area contributed by atoms with Gasteiger partial charge in [0.1, 0.15) is 12.4 Å². The maximum atomic E-state index is 5.71. The van der Waals surface area contributed by atoms with E-state index in [2.05, 4.69) is 22.6 Å². The van der Waals surface area contributed by atoms with E-state index in [1.165, 1.54) is 0 Å². The van der Waals surface area contributed by atoms with E-state index in [-0.39, 0.29) is 0 Å². The second kappa shape index (κ2) is 5.21. The van der Waals surface area contributed by atoms with E-state index in [1.54, 1.807) is 0 Å². The zero-order valence-electron chi connectivity index (χ0n) is 8.69. The van der Waals surface area contributed by atoms with Gasteiger partial charge >= 0.3 is 0 Å². The average molecular weight is 325 g/mol. The number of halogens is 1. The number of para-hydroxylation sites is 1. The van der Waals surface area contributed by atoms with Gasteiger partial charge in [0.05, 0.1) is 3.57 Å². The lowest BCUT2D eigenvalue weighted by Crippen LogP contribution is -1.97. The van der Waals surface area contributed by atoms with E-state index in [9.17, 15) is 0 Å². The Bertz CT molecular complexity index is 468. The largest absolute Gasteiger partial charge is 0.488 e. The van der Waals surface area contributed by atoms with Gasteiger partial charge in [-0.05, 0) is 52.4 Å². The molecule has 0 unspecified atom stereocenters. The molecule has 2 nitrogen and oxygen atoms in total. The van der Waals surface area contributed by atoms with E-state index in [0.717, 1.165) is 20.6 Å². The molecule has 0 atom stereocenters. The third kappa shape index (κ3) is 2.88. The van der Waals surface area contributed by atoms with Crippen LogP contribution in [-0.4, -0.2) is 0 Å². The average Bonchev–Trinajstić information content (AvgIpc) is 2.30. The van der Waals surface area contributed by atoms with E-state index in [0.29, 0.717) is 6.61 Å². The van der Waals surface area contributed by atoms with Crippen LogP contribution >= 0.6 is 22.6 Å². The molecule has 0 fully saturated rings. The minimum atomic E-state index is 0.570. The Balaban J connectivity index is 2.02. The number of hydrogen-bond acceptors (Lipinski definition) is 2. The predicted octanol–water partition coefficient (Wildman–Crippen LogP) is 3.45. The van der Waals surface area contributed by atoms with Gasteiger partial charge in [-0.1, -0.05) is 24.3 Å². The number of ether oxygens (including phenoxy) is 1. The Morgan fingerprint density at radius 2 is 1.69 bits per heavy atom. The maximum Gasteiger partial charge on any atom is 0.133 e. The molecular formula is C13H12INO. The van der Waals surface area contributed by atoms with E-state index < -0.39 is 0 Å². The van der Waals surface area contributed by atoms with Gasteiger partial charge in [-0.2, -0.15) is 0 Å². The molecule has 0 bridgehead atoms. The summed E-state index contributed by atoms with van der Waals surface area (Å²) >= 11 is 2.26. The normalized spacial score (nSPS) is 10.1. The third-order valence-electron chi connectivity index (χ3n) is 2.21. The summed E-state index contributed by atoms with van der Waals surface area (Å²) in [6, 6.07) is 15.7. The molecule has 82 valence electrons. The standard InChI is InChI=1S/C13H12INO/c14-12-3-1-2-4-13(12)16-9-10-5-7-11(15)8-6-10/h1-8H,9,15H2. The fraction of sp³-hybridized carbons (Fsp3) is 0.0769. The monoisotopic (exact) mass is 325 g/mol. The summed E-state index contributed by atoms with van der Waals surface area (Å²) in [4.78, 5) is 0. The second-order valence-electron chi connectivity index (χ2n) is 3.46. The van der Waals surface area contributed by atoms with Crippen molar-refractivity contribution in [3.63, 3.8) is 0 Å². The summed E-state index contributed by atoms with van der Waals surface area (Å²) in [6.07, 6.45) is 0. The molecule has 0 amide bonds. The quantitative estimate of drug-likeness (QED) is 0.693. The van der Waals surface area contributed by atoms with Crippen LogP contribution in [0.2, 0.25) is 0 Å². The second-order valence-corrected chi connectivity index (χ2v) is 4.62. The molecule has 0 saturated carbocycles.